The first-order valence-electron chi connectivity index (χ1n) is 4.74. The van der Waals surface area contributed by atoms with Crippen molar-refractivity contribution in [2.24, 2.45) is 10.8 Å². The zero-order valence-corrected chi connectivity index (χ0v) is 8.91. The Labute approximate surface area is 77.9 Å². The smallest absolute Gasteiger partial charge is 0.00879 e. The lowest BCUT2D eigenvalue weighted by Gasteiger charge is -2.51. The van der Waals surface area contributed by atoms with Gasteiger partial charge in [0.2, 0.25) is 0 Å². The Bertz CT molecular complexity index is 138. The van der Waals surface area contributed by atoms with E-state index in [0.717, 1.165) is 10.8 Å². The zero-order valence-electron chi connectivity index (χ0n) is 7.33. The monoisotopic (exact) mass is 216 g/mol. The van der Waals surface area contributed by atoms with Gasteiger partial charge in [0.05, 0.1) is 0 Å². The SMILES string of the molecule is CC12CCC(CBr)(CC1)CC2. The largest absolute Gasteiger partial charge is 0.0922 e. The van der Waals surface area contributed by atoms with Crippen LogP contribution in [0.4, 0.5) is 0 Å². The maximum absolute atomic E-state index is 3.67. The molecule has 0 saturated heterocycles. The van der Waals surface area contributed by atoms with E-state index < -0.39 is 0 Å². The van der Waals surface area contributed by atoms with Crippen molar-refractivity contribution in [3.8, 4) is 0 Å². The Morgan fingerprint density at radius 3 is 1.82 bits per heavy atom. The van der Waals surface area contributed by atoms with Gasteiger partial charge in [-0.1, -0.05) is 22.9 Å². The summed E-state index contributed by atoms with van der Waals surface area (Å²) in [6.45, 7) is 2.48. The van der Waals surface area contributed by atoms with E-state index in [0.29, 0.717) is 0 Å². The van der Waals surface area contributed by atoms with Crippen LogP contribution in [0.25, 0.3) is 0 Å². The van der Waals surface area contributed by atoms with E-state index in [9.17, 15) is 0 Å². The first-order valence-corrected chi connectivity index (χ1v) is 5.86. The van der Waals surface area contributed by atoms with Gasteiger partial charge in [0.25, 0.3) is 0 Å². The number of halogens is 1. The van der Waals surface area contributed by atoms with Crippen LogP contribution in [-0.4, -0.2) is 5.33 Å². The fourth-order valence-corrected chi connectivity index (χ4v) is 3.49. The van der Waals surface area contributed by atoms with E-state index in [1.54, 1.807) is 0 Å². The molecule has 64 valence electrons. The second kappa shape index (κ2) is 2.48. The summed E-state index contributed by atoms with van der Waals surface area (Å²) in [7, 11) is 0. The molecule has 2 bridgehead atoms. The molecule has 1 heteroatoms. The van der Waals surface area contributed by atoms with Gasteiger partial charge in [0, 0.05) is 5.33 Å². The summed E-state index contributed by atoms with van der Waals surface area (Å²) in [6.07, 6.45) is 8.90. The average Bonchev–Trinajstić information content (AvgIpc) is 2.07. The van der Waals surface area contributed by atoms with Crippen molar-refractivity contribution in [1.82, 2.24) is 0 Å². The van der Waals surface area contributed by atoms with Gasteiger partial charge in [-0.25, -0.2) is 0 Å². The molecule has 0 radical (unpaired) electrons. The van der Waals surface area contributed by atoms with Crippen molar-refractivity contribution in [2.45, 2.75) is 45.4 Å². The fraction of sp³-hybridized carbons (Fsp3) is 1.00. The summed E-state index contributed by atoms with van der Waals surface area (Å²) in [4.78, 5) is 0. The summed E-state index contributed by atoms with van der Waals surface area (Å²) < 4.78 is 0. The van der Waals surface area contributed by atoms with Gasteiger partial charge in [-0.2, -0.15) is 0 Å². The van der Waals surface area contributed by atoms with Crippen molar-refractivity contribution < 1.29 is 0 Å². The van der Waals surface area contributed by atoms with Gasteiger partial charge in [0.1, 0.15) is 0 Å². The maximum atomic E-state index is 3.67. The Balaban J connectivity index is 2.12. The van der Waals surface area contributed by atoms with Crippen LogP contribution in [0.1, 0.15) is 45.4 Å². The molecule has 0 unspecified atom stereocenters. The molecule has 3 aliphatic rings. The van der Waals surface area contributed by atoms with Crippen LogP contribution in [0.15, 0.2) is 0 Å². The molecule has 0 aromatic rings. The Morgan fingerprint density at radius 1 is 1.00 bits per heavy atom. The molecular formula is C10H17Br. The van der Waals surface area contributed by atoms with Crippen molar-refractivity contribution in [3.63, 3.8) is 0 Å². The summed E-state index contributed by atoms with van der Waals surface area (Å²) in [5.74, 6) is 0. The van der Waals surface area contributed by atoms with Crippen LogP contribution in [0.5, 0.6) is 0 Å². The lowest BCUT2D eigenvalue weighted by atomic mass is 9.55. The molecule has 0 spiro atoms. The van der Waals surface area contributed by atoms with E-state index in [-0.39, 0.29) is 0 Å². The molecule has 0 aliphatic heterocycles. The lowest BCUT2D eigenvalue weighted by molar-refractivity contribution is 0.0206. The quantitative estimate of drug-likeness (QED) is 0.587. The van der Waals surface area contributed by atoms with Crippen molar-refractivity contribution in [2.75, 3.05) is 5.33 Å². The first-order chi connectivity index (χ1) is 5.18. The molecule has 0 amide bonds. The molecule has 0 atom stereocenters. The lowest BCUT2D eigenvalue weighted by Crippen LogP contribution is -2.40. The summed E-state index contributed by atoms with van der Waals surface area (Å²) >= 11 is 3.67. The van der Waals surface area contributed by atoms with Crippen molar-refractivity contribution in [3.05, 3.63) is 0 Å². The van der Waals surface area contributed by atoms with Gasteiger partial charge in [0.15, 0.2) is 0 Å². The van der Waals surface area contributed by atoms with Crippen LogP contribution in [0, 0.1) is 10.8 Å². The van der Waals surface area contributed by atoms with E-state index in [4.69, 9.17) is 0 Å². The Hall–Kier alpha value is 0.480. The average molecular weight is 217 g/mol. The Kier molecular flexibility index (Phi) is 1.83. The molecular weight excluding hydrogens is 200 g/mol. The number of hydrogen-bond donors (Lipinski definition) is 0. The molecule has 0 aromatic carbocycles. The van der Waals surface area contributed by atoms with E-state index >= 15 is 0 Å². The number of alkyl halides is 1. The van der Waals surface area contributed by atoms with Gasteiger partial charge >= 0.3 is 0 Å². The molecule has 0 nitrogen and oxygen atoms in total. The minimum absolute atomic E-state index is 0.720. The molecule has 3 rings (SSSR count). The molecule has 11 heavy (non-hydrogen) atoms. The third kappa shape index (κ3) is 1.26. The number of fused-ring (bicyclic) bond motifs is 3. The van der Waals surface area contributed by atoms with Gasteiger partial charge in [-0.15, -0.1) is 0 Å². The predicted octanol–water partition coefficient (Wildman–Crippen LogP) is 3.74. The van der Waals surface area contributed by atoms with Crippen LogP contribution in [-0.2, 0) is 0 Å². The second-order valence-electron chi connectivity index (χ2n) is 4.94. The highest BCUT2D eigenvalue weighted by Gasteiger charge is 2.45. The van der Waals surface area contributed by atoms with E-state index in [1.807, 2.05) is 0 Å². The highest BCUT2D eigenvalue weighted by atomic mass is 79.9. The third-order valence-electron chi connectivity index (χ3n) is 4.06. The van der Waals surface area contributed by atoms with Crippen molar-refractivity contribution >= 4 is 15.9 Å². The van der Waals surface area contributed by atoms with E-state index in [1.165, 1.54) is 43.9 Å². The van der Waals surface area contributed by atoms with Gasteiger partial charge in [-0.3, -0.25) is 0 Å². The topological polar surface area (TPSA) is 0 Å². The second-order valence-corrected chi connectivity index (χ2v) is 5.51. The molecule has 0 N–H and O–H groups in total. The molecule has 3 fully saturated rings. The predicted molar refractivity (Wildman–Crippen MR) is 52.0 cm³/mol. The molecule has 3 saturated carbocycles. The third-order valence-corrected chi connectivity index (χ3v) is 5.25. The zero-order chi connectivity index (χ0) is 7.95. The maximum Gasteiger partial charge on any atom is 0.00879 e. The Morgan fingerprint density at radius 2 is 1.45 bits per heavy atom. The van der Waals surface area contributed by atoms with Crippen LogP contribution in [0.2, 0.25) is 0 Å². The molecule has 0 aromatic heterocycles. The van der Waals surface area contributed by atoms with Crippen LogP contribution < -0.4 is 0 Å². The van der Waals surface area contributed by atoms with Gasteiger partial charge < -0.3 is 0 Å². The minimum atomic E-state index is 0.720. The minimum Gasteiger partial charge on any atom is -0.0922 e. The molecule has 3 aliphatic carbocycles. The summed E-state index contributed by atoms with van der Waals surface area (Å²) in [5.41, 5.74) is 1.46. The van der Waals surface area contributed by atoms with E-state index in [2.05, 4.69) is 22.9 Å². The first kappa shape index (κ1) is 8.10. The normalized spacial score (nSPS) is 49.6. The number of hydrogen-bond acceptors (Lipinski definition) is 0. The fourth-order valence-electron chi connectivity index (χ4n) is 2.65. The highest BCUT2D eigenvalue weighted by molar-refractivity contribution is 9.09. The summed E-state index contributed by atoms with van der Waals surface area (Å²) in [5, 5.41) is 1.25. The van der Waals surface area contributed by atoms with Gasteiger partial charge in [-0.05, 0) is 49.4 Å². The summed E-state index contributed by atoms with van der Waals surface area (Å²) in [6, 6.07) is 0. The standard InChI is InChI=1S/C10H17Br/c1-9-2-5-10(8-11,6-3-9)7-4-9/h2-8H2,1H3. The molecule has 0 heterocycles. The van der Waals surface area contributed by atoms with Crippen LogP contribution >= 0.6 is 15.9 Å². The highest BCUT2D eigenvalue weighted by Crippen LogP contribution is 2.56. The van der Waals surface area contributed by atoms with Crippen molar-refractivity contribution in [1.29, 1.82) is 0 Å². The number of rotatable bonds is 1. The van der Waals surface area contributed by atoms with Crippen LogP contribution in [0.3, 0.4) is 0 Å².